The van der Waals surface area contributed by atoms with Crippen LogP contribution in [0.3, 0.4) is 0 Å². The molecule has 0 unspecified atom stereocenters. The molecule has 1 aromatic rings. The average Bonchev–Trinajstić information content (AvgIpc) is 2.36. The average molecular weight is 262 g/mol. The number of hydrogen-bond donors (Lipinski definition) is 1. The van der Waals surface area contributed by atoms with Gasteiger partial charge in [0.1, 0.15) is 5.60 Å². The van der Waals surface area contributed by atoms with E-state index < -0.39 is 17.2 Å². The van der Waals surface area contributed by atoms with Gasteiger partial charge in [0.05, 0.1) is 0 Å². The topological polar surface area (TPSA) is 55.8 Å². The normalized spacial score (nSPS) is 11.6. The predicted molar refractivity (Wildman–Crippen MR) is 71.1 cm³/mol. The van der Waals surface area contributed by atoms with Gasteiger partial charge in [-0.25, -0.2) is 14.6 Å². The van der Waals surface area contributed by atoms with Crippen molar-refractivity contribution in [3.05, 3.63) is 35.9 Å². The maximum absolute atomic E-state index is 10.4. The van der Waals surface area contributed by atoms with Crippen molar-refractivity contribution in [2.45, 2.75) is 38.9 Å². The predicted octanol–water partition coefficient (Wildman–Crippen LogP) is 2.74. The Morgan fingerprint density at radius 3 is 2.21 bits per heavy atom. The third-order valence-corrected chi connectivity index (χ3v) is 2.40. The smallest absolute Gasteiger partial charge is 0.382 e. The molecule has 102 valence electrons. The van der Waals surface area contributed by atoms with Crippen LogP contribution in [0, 0.1) is 11.8 Å². The fraction of sp³-hybridized carbons (Fsp3) is 0.400. The number of carboxylic acid groups (broad SMARTS) is 1. The quantitative estimate of drug-likeness (QED) is 0.515. The van der Waals surface area contributed by atoms with Gasteiger partial charge in [0.15, 0.2) is 5.60 Å². The van der Waals surface area contributed by atoms with E-state index in [0.29, 0.717) is 0 Å². The first kappa shape index (κ1) is 15.2. The van der Waals surface area contributed by atoms with Crippen molar-refractivity contribution in [1.82, 2.24) is 0 Å². The third kappa shape index (κ3) is 5.12. The molecule has 1 N–H and O–H groups in total. The Labute approximate surface area is 113 Å². The molecular formula is C15H18O4. The van der Waals surface area contributed by atoms with Gasteiger partial charge in [-0.3, -0.25) is 0 Å². The molecule has 0 aliphatic carbocycles. The highest BCUT2D eigenvalue weighted by molar-refractivity contribution is 5.86. The summed E-state index contributed by atoms with van der Waals surface area (Å²) in [6.45, 7) is 7.01. The summed E-state index contributed by atoms with van der Waals surface area (Å²) in [6, 6.07) is 9.60. The van der Waals surface area contributed by atoms with Gasteiger partial charge in [-0.2, -0.15) is 0 Å². The summed E-state index contributed by atoms with van der Waals surface area (Å²) < 4.78 is 0. The molecule has 4 nitrogen and oxygen atoms in total. The zero-order valence-corrected chi connectivity index (χ0v) is 11.6. The van der Waals surface area contributed by atoms with Crippen LogP contribution < -0.4 is 0 Å². The monoisotopic (exact) mass is 262 g/mol. The Balaban J connectivity index is 2.71. The van der Waals surface area contributed by atoms with Crippen LogP contribution in [0.25, 0.3) is 0 Å². The van der Waals surface area contributed by atoms with Crippen LogP contribution in [0.15, 0.2) is 30.3 Å². The van der Waals surface area contributed by atoms with Crippen molar-refractivity contribution in [3.8, 4) is 11.8 Å². The first-order valence-corrected chi connectivity index (χ1v) is 5.91. The molecular weight excluding hydrogens is 244 g/mol. The molecule has 19 heavy (non-hydrogen) atoms. The molecule has 0 saturated heterocycles. The molecule has 0 heterocycles. The fourth-order valence-electron chi connectivity index (χ4n) is 1.32. The number of benzene rings is 1. The molecule has 0 bridgehead atoms. The Morgan fingerprint density at radius 2 is 1.68 bits per heavy atom. The van der Waals surface area contributed by atoms with Gasteiger partial charge < -0.3 is 5.11 Å². The van der Waals surface area contributed by atoms with Crippen molar-refractivity contribution >= 4 is 5.97 Å². The van der Waals surface area contributed by atoms with Crippen molar-refractivity contribution in [3.63, 3.8) is 0 Å². The van der Waals surface area contributed by atoms with E-state index in [9.17, 15) is 4.79 Å². The highest BCUT2D eigenvalue weighted by Gasteiger charge is 2.27. The summed E-state index contributed by atoms with van der Waals surface area (Å²) in [5.74, 6) is 3.31. The molecule has 0 aliphatic heterocycles. The number of carbonyl (C=O) groups is 1. The van der Waals surface area contributed by atoms with E-state index in [2.05, 4.69) is 5.92 Å². The molecule has 0 saturated carbocycles. The van der Waals surface area contributed by atoms with Crippen molar-refractivity contribution in [2.24, 2.45) is 0 Å². The van der Waals surface area contributed by atoms with E-state index in [1.165, 1.54) is 0 Å². The molecule has 1 aromatic carbocycles. The summed E-state index contributed by atoms with van der Waals surface area (Å²) in [6.07, 6.45) is 0. The Morgan fingerprint density at radius 1 is 1.11 bits per heavy atom. The second kappa shape index (κ2) is 5.87. The van der Waals surface area contributed by atoms with Gasteiger partial charge in [0, 0.05) is 5.92 Å². The van der Waals surface area contributed by atoms with E-state index >= 15 is 0 Å². The lowest BCUT2D eigenvalue weighted by Gasteiger charge is -2.28. The lowest BCUT2D eigenvalue weighted by Crippen LogP contribution is -2.30. The van der Waals surface area contributed by atoms with Gasteiger partial charge in [-0.15, -0.1) is 0 Å². The SMILES string of the molecule is CC(C)(C#CC(=O)O)OOC(C)(C)c1ccccc1. The zero-order chi connectivity index (χ0) is 14.5. The van der Waals surface area contributed by atoms with E-state index in [1.54, 1.807) is 13.8 Å². The highest BCUT2D eigenvalue weighted by atomic mass is 17.2. The summed E-state index contributed by atoms with van der Waals surface area (Å²) in [7, 11) is 0. The van der Waals surface area contributed by atoms with Crippen molar-refractivity contribution in [1.29, 1.82) is 0 Å². The molecule has 0 amide bonds. The number of aliphatic carboxylic acids is 1. The molecule has 0 spiro atoms. The fourth-order valence-corrected chi connectivity index (χ4v) is 1.32. The molecule has 1 rings (SSSR count). The van der Waals surface area contributed by atoms with Gasteiger partial charge in [-0.05, 0) is 33.3 Å². The minimum Gasteiger partial charge on any atom is -0.472 e. The second-order valence-electron chi connectivity index (χ2n) is 5.11. The van der Waals surface area contributed by atoms with Gasteiger partial charge in [-0.1, -0.05) is 36.3 Å². The van der Waals surface area contributed by atoms with Crippen LogP contribution in [0.2, 0.25) is 0 Å². The summed E-state index contributed by atoms with van der Waals surface area (Å²) in [5.41, 5.74) is -0.689. The lowest BCUT2D eigenvalue weighted by molar-refractivity contribution is -0.393. The number of carboxylic acids is 1. The maximum atomic E-state index is 10.4. The van der Waals surface area contributed by atoms with E-state index in [1.807, 2.05) is 50.1 Å². The third-order valence-electron chi connectivity index (χ3n) is 2.40. The summed E-state index contributed by atoms with van der Waals surface area (Å²) in [5, 5.41) is 8.51. The van der Waals surface area contributed by atoms with Crippen LogP contribution in [-0.4, -0.2) is 16.7 Å². The first-order chi connectivity index (χ1) is 8.73. The number of hydrogen-bond acceptors (Lipinski definition) is 3. The molecule has 4 heteroatoms. The Bertz CT molecular complexity index is 492. The Kier molecular flexibility index (Phi) is 4.71. The van der Waals surface area contributed by atoms with Gasteiger partial charge >= 0.3 is 5.97 Å². The molecule has 0 aliphatic rings. The molecule has 0 fully saturated rings. The summed E-state index contributed by atoms with van der Waals surface area (Å²) in [4.78, 5) is 21.1. The minimum absolute atomic E-state index is 0.649. The molecule has 0 radical (unpaired) electrons. The zero-order valence-electron chi connectivity index (χ0n) is 11.6. The standard InChI is InChI=1S/C15H18O4/c1-14(2,11-10-13(16)17)18-19-15(3,4)12-8-6-5-7-9-12/h5-9H,1-4H3,(H,16,17). The van der Waals surface area contributed by atoms with Crippen molar-refractivity contribution < 1.29 is 19.7 Å². The van der Waals surface area contributed by atoms with Crippen LogP contribution in [-0.2, 0) is 20.2 Å². The largest absolute Gasteiger partial charge is 0.472 e. The van der Waals surface area contributed by atoms with E-state index in [0.717, 1.165) is 5.56 Å². The van der Waals surface area contributed by atoms with Crippen LogP contribution in [0.4, 0.5) is 0 Å². The Hall–Kier alpha value is -1.83. The highest BCUT2D eigenvalue weighted by Crippen LogP contribution is 2.26. The van der Waals surface area contributed by atoms with Crippen LogP contribution >= 0.6 is 0 Å². The van der Waals surface area contributed by atoms with Gasteiger partial charge in [0.25, 0.3) is 0 Å². The van der Waals surface area contributed by atoms with Crippen LogP contribution in [0.1, 0.15) is 33.3 Å². The van der Waals surface area contributed by atoms with E-state index in [4.69, 9.17) is 14.9 Å². The van der Waals surface area contributed by atoms with Crippen molar-refractivity contribution in [2.75, 3.05) is 0 Å². The minimum atomic E-state index is -1.20. The summed E-state index contributed by atoms with van der Waals surface area (Å²) >= 11 is 0. The van der Waals surface area contributed by atoms with E-state index in [-0.39, 0.29) is 0 Å². The molecule has 0 aromatic heterocycles. The second-order valence-corrected chi connectivity index (χ2v) is 5.11. The first-order valence-electron chi connectivity index (χ1n) is 5.91. The lowest BCUT2D eigenvalue weighted by atomic mass is 9.99. The van der Waals surface area contributed by atoms with Gasteiger partial charge in [0.2, 0.25) is 0 Å². The number of rotatable bonds is 4. The maximum Gasteiger partial charge on any atom is 0.382 e. The molecule has 0 atom stereocenters. The van der Waals surface area contributed by atoms with Crippen LogP contribution in [0.5, 0.6) is 0 Å².